The molecule has 0 bridgehead atoms. The number of aliphatic hydroxyl groups is 1. The van der Waals surface area contributed by atoms with Crippen molar-refractivity contribution in [3.63, 3.8) is 0 Å². The molecule has 6 heteroatoms. The minimum atomic E-state index is -0.291. The largest absolute Gasteiger partial charge is 0.396 e. The molecule has 0 aromatic carbocycles. The number of rotatable bonds is 3. The molecule has 1 saturated carbocycles. The number of amides is 2. The van der Waals surface area contributed by atoms with Crippen LogP contribution < -0.4 is 10.6 Å². The lowest BCUT2D eigenvalue weighted by Crippen LogP contribution is -2.45. The normalized spacial score (nSPS) is 23.4. The van der Waals surface area contributed by atoms with E-state index >= 15 is 0 Å². The fraction of sp³-hybridized carbons (Fsp3) is 0.583. The van der Waals surface area contributed by atoms with E-state index in [1.807, 2.05) is 0 Å². The summed E-state index contributed by atoms with van der Waals surface area (Å²) >= 11 is 0. The second-order valence-corrected chi connectivity index (χ2v) is 4.54. The first-order valence-electron chi connectivity index (χ1n) is 6.25. The van der Waals surface area contributed by atoms with Gasteiger partial charge in [0, 0.05) is 24.8 Å². The van der Waals surface area contributed by atoms with Crippen LogP contribution in [0.5, 0.6) is 0 Å². The van der Waals surface area contributed by atoms with Crippen LogP contribution in [-0.2, 0) is 0 Å². The van der Waals surface area contributed by atoms with Crippen LogP contribution in [0.15, 0.2) is 18.3 Å². The number of aromatic nitrogens is 2. The Morgan fingerprint density at radius 1 is 1.44 bits per heavy atom. The van der Waals surface area contributed by atoms with E-state index in [0.29, 0.717) is 5.82 Å². The van der Waals surface area contributed by atoms with E-state index in [2.05, 4.69) is 20.8 Å². The monoisotopic (exact) mass is 250 g/mol. The van der Waals surface area contributed by atoms with Crippen molar-refractivity contribution in [1.29, 1.82) is 0 Å². The fourth-order valence-electron chi connectivity index (χ4n) is 2.31. The van der Waals surface area contributed by atoms with Gasteiger partial charge in [-0.15, -0.1) is 5.10 Å². The highest BCUT2D eigenvalue weighted by atomic mass is 16.3. The molecule has 1 aliphatic rings. The van der Waals surface area contributed by atoms with Crippen LogP contribution in [0.25, 0.3) is 0 Å². The third kappa shape index (κ3) is 3.40. The van der Waals surface area contributed by atoms with Gasteiger partial charge in [0.15, 0.2) is 5.82 Å². The quantitative estimate of drug-likeness (QED) is 0.751. The van der Waals surface area contributed by atoms with E-state index in [0.717, 1.165) is 25.7 Å². The summed E-state index contributed by atoms with van der Waals surface area (Å²) in [6.45, 7) is 0.121. The molecule has 0 spiro atoms. The molecule has 3 N–H and O–H groups in total. The Morgan fingerprint density at radius 2 is 2.28 bits per heavy atom. The Balaban J connectivity index is 1.86. The summed E-state index contributed by atoms with van der Waals surface area (Å²) in [6, 6.07) is 3.14. The molecular formula is C12H18N4O2. The van der Waals surface area contributed by atoms with Gasteiger partial charge in [0.05, 0.1) is 0 Å². The van der Waals surface area contributed by atoms with Crippen molar-refractivity contribution in [3.05, 3.63) is 18.3 Å². The Kier molecular flexibility index (Phi) is 4.46. The van der Waals surface area contributed by atoms with E-state index in [1.165, 1.54) is 0 Å². The molecule has 2 atom stereocenters. The maximum atomic E-state index is 11.8. The van der Waals surface area contributed by atoms with E-state index in [1.54, 1.807) is 18.3 Å². The smallest absolute Gasteiger partial charge is 0.320 e. The maximum absolute atomic E-state index is 11.8. The molecule has 18 heavy (non-hydrogen) atoms. The number of nitrogens with one attached hydrogen (secondary N) is 2. The first-order valence-corrected chi connectivity index (χ1v) is 6.25. The molecule has 1 heterocycles. The zero-order chi connectivity index (χ0) is 12.8. The molecule has 98 valence electrons. The van der Waals surface area contributed by atoms with E-state index < -0.39 is 0 Å². The van der Waals surface area contributed by atoms with Crippen molar-refractivity contribution in [2.45, 2.75) is 31.7 Å². The molecular weight excluding hydrogens is 232 g/mol. The van der Waals surface area contributed by atoms with Crippen LogP contribution in [0.4, 0.5) is 10.6 Å². The molecule has 1 aromatic heterocycles. The highest BCUT2D eigenvalue weighted by Gasteiger charge is 2.25. The molecule has 0 aliphatic heterocycles. The summed E-state index contributed by atoms with van der Waals surface area (Å²) < 4.78 is 0. The Hall–Kier alpha value is -1.69. The number of urea groups is 1. The number of aliphatic hydroxyl groups excluding tert-OH is 1. The van der Waals surface area contributed by atoms with Crippen LogP contribution in [0, 0.1) is 5.92 Å². The van der Waals surface area contributed by atoms with Crippen molar-refractivity contribution in [3.8, 4) is 0 Å². The van der Waals surface area contributed by atoms with Gasteiger partial charge in [-0.05, 0) is 25.0 Å². The van der Waals surface area contributed by atoms with E-state index in [-0.39, 0.29) is 24.6 Å². The van der Waals surface area contributed by atoms with Gasteiger partial charge in [-0.3, -0.25) is 5.32 Å². The first-order chi connectivity index (χ1) is 8.79. The van der Waals surface area contributed by atoms with Gasteiger partial charge in [0.25, 0.3) is 0 Å². The lowest BCUT2D eigenvalue weighted by Gasteiger charge is -2.30. The number of carbonyl (C=O) groups excluding carboxylic acids is 1. The summed E-state index contributed by atoms with van der Waals surface area (Å²) in [5.41, 5.74) is 0. The number of hydrogen-bond acceptors (Lipinski definition) is 4. The Bertz CT molecular complexity index is 385. The van der Waals surface area contributed by atoms with Crippen molar-refractivity contribution in [2.24, 2.45) is 5.92 Å². The average molecular weight is 250 g/mol. The van der Waals surface area contributed by atoms with Crippen molar-refractivity contribution >= 4 is 11.8 Å². The third-order valence-corrected chi connectivity index (χ3v) is 3.27. The molecule has 2 amide bonds. The Labute approximate surface area is 106 Å². The standard InChI is InChI=1S/C12H18N4O2/c17-8-9-4-1-2-5-10(9)14-12(18)15-11-6-3-7-13-16-11/h3,6-7,9-10,17H,1-2,4-5,8H2,(H2,14,15,16,18). The lowest BCUT2D eigenvalue weighted by molar-refractivity contribution is 0.156. The minimum Gasteiger partial charge on any atom is -0.396 e. The molecule has 1 aliphatic carbocycles. The first kappa shape index (κ1) is 12.8. The molecule has 1 fully saturated rings. The predicted octanol–water partition coefficient (Wildman–Crippen LogP) is 1.15. The second kappa shape index (κ2) is 6.30. The van der Waals surface area contributed by atoms with Crippen LogP contribution in [0.3, 0.4) is 0 Å². The topological polar surface area (TPSA) is 87.1 Å². The minimum absolute atomic E-state index is 0.0421. The number of carbonyl (C=O) groups is 1. The number of nitrogens with zero attached hydrogens (tertiary/aromatic N) is 2. The molecule has 1 aromatic rings. The molecule has 2 unspecified atom stereocenters. The predicted molar refractivity (Wildman–Crippen MR) is 67.0 cm³/mol. The van der Waals surface area contributed by atoms with Crippen LogP contribution in [0.2, 0.25) is 0 Å². The lowest BCUT2D eigenvalue weighted by atomic mass is 9.85. The zero-order valence-electron chi connectivity index (χ0n) is 10.2. The summed E-state index contributed by atoms with van der Waals surface area (Å²) in [6.07, 6.45) is 5.64. The average Bonchev–Trinajstić information content (AvgIpc) is 2.40. The zero-order valence-corrected chi connectivity index (χ0v) is 10.2. The van der Waals surface area contributed by atoms with Gasteiger partial charge in [-0.1, -0.05) is 12.8 Å². The summed E-state index contributed by atoms with van der Waals surface area (Å²) in [5.74, 6) is 0.581. The summed E-state index contributed by atoms with van der Waals surface area (Å²) in [5, 5.41) is 22.3. The van der Waals surface area contributed by atoms with Gasteiger partial charge in [-0.25, -0.2) is 4.79 Å². The third-order valence-electron chi connectivity index (χ3n) is 3.27. The SMILES string of the molecule is O=C(Nc1cccnn1)NC1CCCCC1CO. The molecule has 0 saturated heterocycles. The molecule has 0 radical (unpaired) electrons. The highest BCUT2D eigenvalue weighted by molar-refractivity contribution is 5.88. The van der Waals surface area contributed by atoms with Gasteiger partial charge < -0.3 is 10.4 Å². The van der Waals surface area contributed by atoms with Crippen LogP contribution in [-0.4, -0.2) is 34.0 Å². The molecule has 6 nitrogen and oxygen atoms in total. The summed E-state index contributed by atoms with van der Waals surface area (Å²) in [7, 11) is 0. The van der Waals surface area contributed by atoms with Gasteiger partial charge in [0.2, 0.25) is 0 Å². The number of anilines is 1. The van der Waals surface area contributed by atoms with Crippen molar-refractivity contribution in [1.82, 2.24) is 15.5 Å². The maximum Gasteiger partial charge on any atom is 0.320 e. The van der Waals surface area contributed by atoms with E-state index in [4.69, 9.17) is 0 Å². The van der Waals surface area contributed by atoms with Gasteiger partial charge in [-0.2, -0.15) is 5.10 Å². The van der Waals surface area contributed by atoms with Crippen molar-refractivity contribution < 1.29 is 9.90 Å². The van der Waals surface area contributed by atoms with Crippen molar-refractivity contribution in [2.75, 3.05) is 11.9 Å². The fourth-order valence-corrected chi connectivity index (χ4v) is 2.31. The second-order valence-electron chi connectivity index (χ2n) is 4.54. The van der Waals surface area contributed by atoms with Gasteiger partial charge >= 0.3 is 6.03 Å². The van der Waals surface area contributed by atoms with Crippen LogP contribution in [0.1, 0.15) is 25.7 Å². The van der Waals surface area contributed by atoms with E-state index in [9.17, 15) is 9.90 Å². The van der Waals surface area contributed by atoms with Gasteiger partial charge in [0.1, 0.15) is 0 Å². The molecule has 2 rings (SSSR count). The van der Waals surface area contributed by atoms with Crippen LogP contribution >= 0.6 is 0 Å². The summed E-state index contributed by atoms with van der Waals surface area (Å²) in [4.78, 5) is 11.8. The Morgan fingerprint density at radius 3 is 3.00 bits per heavy atom. The number of hydrogen-bond donors (Lipinski definition) is 3. The highest BCUT2D eigenvalue weighted by Crippen LogP contribution is 2.23.